The van der Waals surface area contributed by atoms with Gasteiger partial charge in [-0.15, -0.1) is 0 Å². The van der Waals surface area contributed by atoms with E-state index in [1.165, 1.54) is 0 Å². The molecule has 0 saturated heterocycles. The molecular weight excluding hydrogens is 76.0 g/mol. The van der Waals surface area contributed by atoms with Gasteiger partial charge >= 0.3 is 0 Å². The normalized spacial score (nSPS) is 4.80. The molecular formula is H6N2O3. The third-order valence-electron chi connectivity index (χ3n) is 0. The maximum absolute atomic E-state index is 6.62. The molecule has 0 aromatic rings. The molecule has 0 rings (SSSR count). The molecule has 0 bridgehead atoms. The van der Waals surface area contributed by atoms with Crippen LogP contribution in [0.1, 0.15) is 0 Å². The average molecular weight is 82.1 g/mol. The van der Waals surface area contributed by atoms with Crippen LogP contribution in [0.5, 0.6) is 0 Å². The summed E-state index contributed by atoms with van der Waals surface area (Å²) in [6.45, 7) is 0. The van der Waals surface area contributed by atoms with Gasteiger partial charge in [0.1, 0.15) is 0 Å². The molecule has 0 spiro atoms. The van der Waals surface area contributed by atoms with Gasteiger partial charge in [-0.05, 0) is 0 Å². The summed E-state index contributed by atoms with van der Waals surface area (Å²) >= 11 is 0. The summed E-state index contributed by atoms with van der Waals surface area (Å²) in [6, 6.07) is 0. The van der Waals surface area contributed by atoms with Crippen molar-refractivity contribution in [2.45, 2.75) is 0 Å². The van der Waals surface area contributed by atoms with Gasteiger partial charge in [0.2, 0.25) is 0 Å². The predicted molar refractivity (Wildman–Crippen MR) is 14.7 cm³/mol. The second kappa shape index (κ2) is 46.5. The van der Waals surface area contributed by atoms with E-state index in [1.54, 1.807) is 0 Å². The molecule has 0 fully saturated rings. The average Bonchev–Trinajstić information content (AvgIpc) is 1.46. The molecule has 0 saturated carbocycles. The first-order valence-electron chi connectivity index (χ1n) is 0.698. The molecule has 34 valence electrons. The Morgan fingerprint density at radius 3 is 1.20 bits per heavy atom. The Bertz CT molecular complexity index is 4.85. The van der Waals surface area contributed by atoms with Crippen molar-refractivity contribution in [3.63, 3.8) is 0 Å². The van der Waals surface area contributed by atoms with Crippen LogP contribution in [0.4, 0.5) is 0 Å². The molecule has 0 heterocycles. The van der Waals surface area contributed by atoms with Gasteiger partial charge in [-0.25, -0.2) is 10.5 Å². The summed E-state index contributed by atoms with van der Waals surface area (Å²) in [6.07, 6.45) is 0. The number of rotatable bonds is 0. The molecule has 0 unspecified atom stereocenters. The van der Waals surface area contributed by atoms with E-state index in [0.29, 0.717) is 0 Å². The van der Waals surface area contributed by atoms with Crippen molar-refractivity contribution >= 4 is 0 Å². The Morgan fingerprint density at radius 2 is 1.20 bits per heavy atom. The quantitative estimate of drug-likeness (QED) is 0.166. The Balaban J connectivity index is 0. The van der Waals surface area contributed by atoms with Crippen LogP contribution >= 0.6 is 0 Å². The van der Waals surface area contributed by atoms with E-state index in [1.807, 2.05) is 0 Å². The van der Waals surface area contributed by atoms with Crippen molar-refractivity contribution in [1.29, 1.82) is 0 Å². The second-order valence-corrected chi connectivity index (χ2v) is 0.0816. The van der Waals surface area contributed by atoms with E-state index in [4.69, 9.17) is 10.5 Å². The van der Waals surface area contributed by atoms with Gasteiger partial charge in [-0.2, -0.15) is 0 Å². The molecule has 0 aromatic heterocycles. The van der Waals surface area contributed by atoms with Crippen molar-refractivity contribution in [3.8, 4) is 0 Å². The number of hydrazine groups is 1. The van der Waals surface area contributed by atoms with Crippen LogP contribution in [0.25, 0.3) is 0 Å². The largest absolute Gasteiger partial charge is 0.274 e. The molecule has 0 aliphatic carbocycles. The van der Waals surface area contributed by atoms with E-state index in [2.05, 4.69) is 16.7 Å². The summed E-state index contributed by atoms with van der Waals surface area (Å²) in [5, 5.41) is 15.5. The Morgan fingerprint density at radius 1 is 1.20 bits per heavy atom. The van der Waals surface area contributed by atoms with E-state index < -0.39 is 0 Å². The summed E-state index contributed by atoms with van der Waals surface area (Å²) in [5.41, 5.74) is 0. The zero-order valence-electron chi connectivity index (χ0n) is 2.46. The highest BCUT2D eigenvalue weighted by Crippen LogP contribution is 1.24. The zero-order chi connectivity index (χ0) is 4.71. The fourth-order valence-corrected chi connectivity index (χ4v) is 0. The fourth-order valence-electron chi connectivity index (χ4n) is 0. The van der Waals surface area contributed by atoms with E-state index >= 15 is 0 Å². The smallest absolute Gasteiger partial charge is 0.0737 e. The van der Waals surface area contributed by atoms with Gasteiger partial charge in [0.25, 0.3) is 0 Å². The lowest BCUT2D eigenvalue weighted by Gasteiger charge is -1.56. The van der Waals surface area contributed by atoms with Crippen molar-refractivity contribution < 1.29 is 15.6 Å². The van der Waals surface area contributed by atoms with Crippen LogP contribution in [0.2, 0.25) is 0 Å². The van der Waals surface area contributed by atoms with Crippen LogP contribution in [-0.2, 0) is 5.04 Å². The molecule has 5 heteroatoms. The number of hydrogen-bond acceptors (Lipinski definition) is 5. The zero-order valence-corrected chi connectivity index (χ0v) is 2.46. The summed E-state index contributed by atoms with van der Waals surface area (Å²) in [5.74, 6) is 8.00. The van der Waals surface area contributed by atoms with Gasteiger partial charge in [0.15, 0.2) is 0 Å². The first kappa shape index (κ1) is 8.84. The molecule has 0 aliphatic rings. The molecule has 5 heavy (non-hydrogen) atoms. The van der Waals surface area contributed by atoms with Crippen LogP contribution in [0.3, 0.4) is 0 Å². The monoisotopic (exact) mass is 82.0 g/mol. The Labute approximate surface area is 28.6 Å². The lowest BCUT2D eigenvalue weighted by atomic mass is 13.0. The number of hydrogen-bond donors (Lipinski definition) is 4. The van der Waals surface area contributed by atoms with Crippen LogP contribution in [-0.4, -0.2) is 10.5 Å². The topological polar surface area (TPSA) is 102 Å². The summed E-state index contributed by atoms with van der Waals surface area (Å²) in [4.78, 5) is 0. The predicted octanol–water partition coefficient (Wildman–Crippen LogP) is -1.23. The molecule has 0 aliphatic heterocycles. The lowest BCUT2D eigenvalue weighted by Crippen LogP contribution is -2.02. The lowest BCUT2D eigenvalue weighted by molar-refractivity contribution is -0.465. The standard InChI is InChI=1S/H4N2.H2O3/c1-2;1-3-2/h1-2H2;1-2H. The maximum Gasteiger partial charge on any atom is -0.0737 e. The van der Waals surface area contributed by atoms with Crippen molar-refractivity contribution in [2.75, 3.05) is 0 Å². The highest BCUT2D eigenvalue weighted by atomic mass is 17.4. The van der Waals surface area contributed by atoms with E-state index in [0.717, 1.165) is 0 Å². The second-order valence-electron chi connectivity index (χ2n) is 0.0816. The molecule has 6 N–H and O–H groups in total. The highest BCUT2D eigenvalue weighted by molar-refractivity contribution is 3.26. The third-order valence-corrected chi connectivity index (χ3v) is 0. The summed E-state index contributed by atoms with van der Waals surface area (Å²) in [7, 11) is 0. The molecule has 0 aromatic carbocycles. The van der Waals surface area contributed by atoms with Gasteiger partial charge < -0.3 is 0 Å². The van der Waals surface area contributed by atoms with Crippen LogP contribution < -0.4 is 11.7 Å². The molecule has 0 atom stereocenters. The number of nitrogens with two attached hydrogens (primary N) is 2. The molecule has 0 radical (unpaired) electrons. The van der Waals surface area contributed by atoms with Gasteiger partial charge in [-0.1, -0.05) is 5.04 Å². The highest BCUT2D eigenvalue weighted by Gasteiger charge is 1.27. The van der Waals surface area contributed by atoms with E-state index in [-0.39, 0.29) is 0 Å². The van der Waals surface area contributed by atoms with Gasteiger partial charge in [0.05, 0.1) is 0 Å². The van der Waals surface area contributed by atoms with Gasteiger partial charge in [0, 0.05) is 0 Å². The van der Waals surface area contributed by atoms with Crippen LogP contribution in [0, 0.1) is 0 Å². The van der Waals surface area contributed by atoms with E-state index in [9.17, 15) is 0 Å². The Kier molecular flexibility index (Phi) is 82.3. The third kappa shape index (κ3) is 308. The minimum Gasteiger partial charge on any atom is -0.274 e. The first-order valence-corrected chi connectivity index (χ1v) is 0.698. The minimum absolute atomic E-state index is 2.25. The minimum atomic E-state index is 2.25. The molecule has 5 nitrogen and oxygen atoms in total. The fraction of sp³-hybridized carbons (Fsp3) is 0. The molecule has 0 amide bonds. The van der Waals surface area contributed by atoms with Crippen molar-refractivity contribution in [1.82, 2.24) is 0 Å². The maximum atomic E-state index is 6.62. The van der Waals surface area contributed by atoms with Crippen LogP contribution in [0.15, 0.2) is 0 Å². The van der Waals surface area contributed by atoms with Crippen molar-refractivity contribution in [2.24, 2.45) is 11.7 Å². The van der Waals surface area contributed by atoms with Gasteiger partial charge in [-0.3, -0.25) is 11.7 Å². The Hall–Kier alpha value is -0.200. The SMILES string of the molecule is NN.OOO. The summed E-state index contributed by atoms with van der Waals surface area (Å²) < 4.78 is 0. The first-order chi connectivity index (χ1) is 2.41. The van der Waals surface area contributed by atoms with Crippen molar-refractivity contribution in [3.05, 3.63) is 0 Å².